The van der Waals surface area contributed by atoms with Crippen LogP contribution in [-0.4, -0.2) is 18.1 Å². The van der Waals surface area contributed by atoms with Gasteiger partial charge in [0.25, 0.3) is 0 Å². The van der Waals surface area contributed by atoms with Gasteiger partial charge in [-0.3, -0.25) is 4.98 Å². The van der Waals surface area contributed by atoms with E-state index in [4.69, 9.17) is 5.73 Å². The van der Waals surface area contributed by atoms with Crippen LogP contribution in [0.15, 0.2) is 30.6 Å². The van der Waals surface area contributed by atoms with Crippen molar-refractivity contribution in [2.45, 2.75) is 33.6 Å². The van der Waals surface area contributed by atoms with Gasteiger partial charge < -0.3 is 11.1 Å². The average molecular weight is 346 g/mol. The standard InChI is InChI=1S/C14H17N3.C2H6.Y/c1-2-11-4-5-13-12(8-11)9-16-10-14(13)17-7-3-6-15;1-2;/h4-5,8-10,15H,2-3,6-7H2,1H3;1-2H3;/q-2;;. The van der Waals surface area contributed by atoms with E-state index in [1.165, 1.54) is 5.56 Å². The van der Waals surface area contributed by atoms with Crippen LogP contribution in [0, 0.1) is 0 Å². The van der Waals surface area contributed by atoms with Crippen molar-refractivity contribution in [1.82, 2.24) is 4.98 Å². The van der Waals surface area contributed by atoms with Gasteiger partial charge in [-0.05, 0) is 28.8 Å². The van der Waals surface area contributed by atoms with E-state index in [0.717, 1.165) is 29.3 Å². The summed E-state index contributed by atoms with van der Waals surface area (Å²) in [5, 5.41) is 6.80. The first kappa shape index (κ1) is 19.5. The molecule has 0 aliphatic carbocycles. The summed E-state index contributed by atoms with van der Waals surface area (Å²) in [4.78, 5) is 4.23. The molecular weight excluding hydrogens is 323 g/mol. The van der Waals surface area contributed by atoms with Crippen molar-refractivity contribution in [1.29, 1.82) is 0 Å². The maximum absolute atomic E-state index is 7.11. The molecule has 0 bridgehead atoms. The minimum Gasteiger partial charge on any atom is -0.683 e. The average Bonchev–Trinajstić information content (AvgIpc) is 2.49. The van der Waals surface area contributed by atoms with Crippen molar-refractivity contribution in [2.75, 3.05) is 13.1 Å². The number of nitrogens with zero attached hydrogens (tertiary/aromatic N) is 2. The zero-order valence-electron chi connectivity index (χ0n) is 12.7. The van der Waals surface area contributed by atoms with Crippen molar-refractivity contribution < 1.29 is 32.7 Å². The molecule has 0 saturated carbocycles. The van der Waals surface area contributed by atoms with Gasteiger partial charge in [0, 0.05) is 45.1 Å². The SMILES string of the molecule is CC.CCc1ccc2c([N-]CCC[NH-])cncc2c1.[Y]. The Morgan fingerprint density at radius 2 is 1.95 bits per heavy atom. The second kappa shape index (κ2) is 11.2. The number of aromatic nitrogens is 1. The molecule has 2 aromatic rings. The first-order valence-corrected chi connectivity index (χ1v) is 7.04. The molecule has 0 saturated heterocycles. The van der Waals surface area contributed by atoms with E-state index in [-0.39, 0.29) is 32.7 Å². The van der Waals surface area contributed by atoms with Crippen LogP contribution in [0.3, 0.4) is 0 Å². The van der Waals surface area contributed by atoms with E-state index in [2.05, 4.69) is 35.4 Å². The van der Waals surface area contributed by atoms with E-state index in [9.17, 15) is 0 Å². The van der Waals surface area contributed by atoms with Crippen LogP contribution < -0.4 is 0 Å². The number of hydrogen-bond acceptors (Lipinski definition) is 1. The summed E-state index contributed by atoms with van der Waals surface area (Å²) in [5.74, 6) is 0. The minimum absolute atomic E-state index is 0. The number of rotatable bonds is 5. The monoisotopic (exact) mass is 346 g/mol. The Labute approximate surface area is 147 Å². The second-order valence-corrected chi connectivity index (χ2v) is 4.05. The Kier molecular flexibility index (Phi) is 10.9. The fourth-order valence-electron chi connectivity index (χ4n) is 1.83. The molecule has 2 rings (SSSR count). The number of aryl methyl sites for hydroxylation is 1. The maximum atomic E-state index is 7.11. The fraction of sp³-hybridized carbons (Fsp3) is 0.438. The molecule has 1 heterocycles. The normalized spacial score (nSPS) is 9.40. The van der Waals surface area contributed by atoms with Gasteiger partial charge in [0.1, 0.15) is 0 Å². The number of hydrogen-bond donors (Lipinski definition) is 0. The molecule has 0 aliphatic rings. The summed E-state index contributed by atoms with van der Waals surface area (Å²) in [6.07, 6.45) is 5.54. The summed E-state index contributed by atoms with van der Waals surface area (Å²) in [6, 6.07) is 6.44. The zero-order chi connectivity index (χ0) is 14.1. The number of fused-ring (bicyclic) bond motifs is 1. The Hall–Kier alpha value is -0.506. The molecule has 0 fully saturated rings. The predicted octanol–water partition coefficient (Wildman–Crippen LogP) is 5.27. The van der Waals surface area contributed by atoms with E-state index in [1.807, 2.05) is 20.0 Å². The van der Waals surface area contributed by atoms with Gasteiger partial charge in [-0.2, -0.15) is 6.54 Å². The van der Waals surface area contributed by atoms with Crippen LogP contribution >= 0.6 is 0 Å². The van der Waals surface area contributed by atoms with Crippen molar-refractivity contribution in [3.8, 4) is 0 Å². The molecule has 0 atom stereocenters. The molecule has 0 spiro atoms. The van der Waals surface area contributed by atoms with Crippen LogP contribution in [0.1, 0.15) is 32.8 Å². The summed E-state index contributed by atoms with van der Waals surface area (Å²) in [7, 11) is 0. The molecule has 1 aromatic carbocycles. The summed E-state index contributed by atoms with van der Waals surface area (Å²) in [5.41, 5.74) is 9.37. The molecule has 3 nitrogen and oxygen atoms in total. The van der Waals surface area contributed by atoms with Gasteiger partial charge >= 0.3 is 0 Å². The van der Waals surface area contributed by atoms with Gasteiger partial charge in [-0.15, -0.1) is 12.2 Å². The third kappa shape index (κ3) is 5.47. The number of benzene rings is 1. The summed E-state index contributed by atoms with van der Waals surface area (Å²) in [6.45, 7) is 7.29. The molecule has 1 aromatic heterocycles. The third-order valence-corrected chi connectivity index (χ3v) is 2.83. The Morgan fingerprint density at radius 3 is 2.60 bits per heavy atom. The number of pyridine rings is 1. The summed E-state index contributed by atoms with van der Waals surface area (Å²) >= 11 is 0. The van der Waals surface area contributed by atoms with Crippen LogP contribution in [0.25, 0.3) is 21.8 Å². The third-order valence-electron chi connectivity index (χ3n) is 2.83. The molecule has 107 valence electrons. The van der Waals surface area contributed by atoms with Gasteiger partial charge in [-0.1, -0.05) is 39.3 Å². The van der Waals surface area contributed by atoms with E-state index in [0.29, 0.717) is 13.1 Å². The van der Waals surface area contributed by atoms with Gasteiger partial charge in [0.15, 0.2) is 0 Å². The van der Waals surface area contributed by atoms with Gasteiger partial charge in [0.05, 0.1) is 0 Å². The van der Waals surface area contributed by atoms with E-state index in [1.54, 1.807) is 6.20 Å². The zero-order valence-corrected chi connectivity index (χ0v) is 15.5. The molecule has 0 amide bonds. The smallest absolute Gasteiger partial charge is 0.0345 e. The molecule has 1 radical (unpaired) electrons. The predicted molar refractivity (Wildman–Crippen MR) is 84.2 cm³/mol. The Balaban J connectivity index is 0.00000115. The van der Waals surface area contributed by atoms with Crippen LogP contribution in [0.2, 0.25) is 0 Å². The molecule has 20 heavy (non-hydrogen) atoms. The Morgan fingerprint density at radius 1 is 1.20 bits per heavy atom. The van der Waals surface area contributed by atoms with Crippen molar-refractivity contribution in [3.63, 3.8) is 0 Å². The van der Waals surface area contributed by atoms with Crippen LogP contribution in [0.5, 0.6) is 0 Å². The van der Waals surface area contributed by atoms with Crippen LogP contribution in [0.4, 0.5) is 5.69 Å². The van der Waals surface area contributed by atoms with Crippen molar-refractivity contribution in [2.24, 2.45) is 0 Å². The molecule has 0 aliphatic heterocycles. The molecule has 1 N–H and O–H groups in total. The fourth-order valence-corrected chi connectivity index (χ4v) is 1.83. The molecule has 0 unspecified atom stereocenters. The van der Waals surface area contributed by atoms with Crippen molar-refractivity contribution >= 4 is 16.5 Å². The second-order valence-electron chi connectivity index (χ2n) is 4.05. The van der Waals surface area contributed by atoms with E-state index >= 15 is 0 Å². The minimum atomic E-state index is 0. The van der Waals surface area contributed by atoms with Crippen LogP contribution in [-0.2, 0) is 39.1 Å². The first-order valence-electron chi connectivity index (χ1n) is 7.04. The number of nitrogens with one attached hydrogen (secondary N) is 1. The quantitative estimate of drug-likeness (QED) is 0.681. The topological polar surface area (TPSA) is 50.8 Å². The van der Waals surface area contributed by atoms with E-state index < -0.39 is 0 Å². The maximum Gasteiger partial charge on any atom is 0.0345 e. The first-order chi connectivity index (χ1) is 9.35. The largest absolute Gasteiger partial charge is 0.683 e. The van der Waals surface area contributed by atoms with Crippen molar-refractivity contribution in [3.05, 3.63) is 47.2 Å². The van der Waals surface area contributed by atoms with Gasteiger partial charge in [0.2, 0.25) is 0 Å². The summed E-state index contributed by atoms with van der Waals surface area (Å²) < 4.78 is 0. The van der Waals surface area contributed by atoms with Gasteiger partial charge in [-0.25, -0.2) is 0 Å². The molecular formula is C16H23N3Y-2. The molecule has 4 heteroatoms. The Bertz CT molecular complexity index is 500.